The molecule has 3 nitrogen and oxygen atoms in total. The van der Waals surface area contributed by atoms with Gasteiger partial charge in [-0.25, -0.2) is 0 Å². The van der Waals surface area contributed by atoms with E-state index in [1.807, 2.05) is 0 Å². The standard InChI is InChI=1S/C11H21NO2/c1-9(11(13)14)6-7-10-5-3-2-4-8-12-10/h9-10,12H,2-8H2,1H3,(H,13,14). The molecule has 0 spiro atoms. The van der Waals surface area contributed by atoms with E-state index in [1.165, 1.54) is 25.7 Å². The number of rotatable bonds is 4. The Kier molecular flexibility index (Phi) is 4.94. The number of carbonyl (C=O) groups is 1. The van der Waals surface area contributed by atoms with Gasteiger partial charge in [0.1, 0.15) is 0 Å². The van der Waals surface area contributed by atoms with Gasteiger partial charge in [0, 0.05) is 6.04 Å². The topological polar surface area (TPSA) is 49.3 Å². The molecule has 0 amide bonds. The van der Waals surface area contributed by atoms with E-state index in [2.05, 4.69) is 5.32 Å². The SMILES string of the molecule is CC(CCC1CCCCCN1)C(=O)O. The highest BCUT2D eigenvalue weighted by atomic mass is 16.4. The molecule has 0 aromatic heterocycles. The highest BCUT2D eigenvalue weighted by Crippen LogP contribution is 2.15. The number of nitrogens with one attached hydrogen (secondary N) is 1. The van der Waals surface area contributed by atoms with Gasteiger partial charge in [0.25, 0.3) is 0 Å². The summed E-state index contributed by atoms with van der Waals surface area (Å²) in [6.07, 6.45) is 6.90. The molecule has 1 aliphatic heterocycles. The number of carboxylic acids is 1. The van der Waals surface area contributed by atoms with Crippen molar-refractivity contribution in [1.82, 2.24) is 5.32 Å². The molecule has 1 aliphatic rings. The molecule has 2 N–H and O–H groups in total. The second-order valence-electron chi connectivity index (χ2n) is 4.32. The van der Waals surface area contributed by atoms with Crippen LogP contribution < -0.4 is 5.32 Å². The Morgan fingerprint density at radius 2 is 2.29 bits per heavy atom. The van der Waals surface area contributed by atoms with Crippen molar-refractivity contribution in [3.63, 3.8) is 0 Å². The maximum atomic E-state index is 10.6. The van der Waals surface area contributed by atoms with E-state index >= 15 is 0 Å². The van der Waals surface area contributed by atoms with Gasteiger partial charge in [0.05, 0.1) is 5.92 Å². The fourth-order valence-corrected chi connectivity index (χ4v) is 1.92. The number of carboxylic acid groups (broad SMARTS) is 1. The second kappa shape index (κ2) is 6.02. The maximum Gasteiger partial charge on any atom is 0.306 e. The molecular weight excluding hydrogens is 178 g/mol. The Morgan fingerprint density at radius 1 is 1.50 bits per heavy atom. The monoisotopic (exact) mass is 199 g/mol. The lowest BCUT2D eigenvalue weighted by atomic mass is 9.99. The molecule has 14 heavy (non-hydrogen) atoms. The Balaban J connectivity index is 2.18. The van der Waals surface area contributed by atoms with Crippen molar-refractivity contribution in [1.29, 1.82) is 0 Å². The van der Waals surface area contributed by atoms with E-state index in [1.54, 1.807) is 6.92 Å². The third-order valence-corrected chi connectivity index (χ3v) is 3.03. The molecule has 2 atom stereocenters. The molecular formula is C11H21NO2. The quantitative estimate of drug-likeness (QED) is 0.728. The van der Waals surface area contributed by atoms with Crippen LogP contribution >= 0.6 is 0 Å². The lowest BCUT2D eigenvalue weighted by Gasteiger charge is -2.16. The Hall–Kier alpha value is -0.570. The minimum Gasteiger partial charge on any atom is -0.481 e. The Bertz CT molecular complexity index is 174. The Labute approximate surface area is 85.9 Å². The number of hydrogen-bond donors (Lipinski definition) is 2. The van der Waals surface area contributed by atoms with E-state index in [0.29, 0.717) is 6.04 Å². The summed E-state index contributed by atoms with van der Waals surface area (Å²) in [5, 5.41) is 12.2. The third-order valence-electron chi connectivity index (χ3n) is 3.03. The summed E-state index contributed by atoms with van der Waals surface area (Å²) in [6.45, 7) is 2.89. The van der Waals surface area contributed by atoms with Gasteiger partial charge in [-0.2, -0.15) is 0 Å². The van der Waals surface area contributed by atoms with Crippen LogP contribution in [0.25, 0.3) is 0 Å². The zero-order chi connectivity index (χ0) is 10.4. The normalized spacial score (nSPS) is 25.4. The minimum absolute atomic E-state index is 0.194. The molecule has 0 radical (unpaired) electrons. The highest BCUT2D eigenvalue weighted by molar-refractivity contribution is 5.69. The van der Waals surface area contributed by atoms with E-state index < -0.39 is 5.97 Å². The average molecular weight is 199 g/mol. The van der Waals surface area contributed by atoms with Crippen LogP contribution in [-0.2, 0) is 4.79 Å². The highest BCUT2D eigenvalue weighted by Gasteiger charge is 2.15. The first-order valence-electron chi connectivity index (χ1n) is 5.66. The van der Waals surface area contributed by atoms with Crippen LogP contribution in [0.3, 0.4) is 0 Å². The predicted octanol–water partition coefficient (Wildman–Crippen LogP) is 2.02. The summed E-state index contributed by atoms with van der Waals surface area (Å²) in [5.41, 5.74) is 0. The third kappa shape index (κ3) is 4.09. The molecule has 2 unspecified atom stereocenters. The van der Waals surface area contributed by atoms with Crippen molar-refractivity contribution in [2.75, 3.05) is 6.54 Å². The first-order valence-corrected chi connectivity index (χ1v) is 5.66. The fourth-order valence-electron chi connectivity index (χ4n) is 1.92. The van der Waals surface area contributed by atoms with Gasteiger partial charge in [-0.15, -0.1) is 0 Å². The van der Waals surface area contributed by atoms with Crippen molar-refractivity contribution in [3.8, 4) is 0 Å². The molecule has 1 saturated heterocycles. The first-order chi connectivity index (χ1) is 6.70. The van der Waals surface area contributed by atoms with E-state index in [4.69, 9.17) is 5.11 Å². The molecule has 82 valence electrons. The number of hydrogen-bond acceptors (Lipinski definition) is 2. The number of aliphatic carboxylic acids is 1. The van der Waals surface area contributed by atoms with Gasteiger partial charge >= 0.3 is 5.97 Å². The summed E-state index contributed by atoms with van der Waals surface area (Å²) in [4.78, 5) is 10.6. The summed E-state index contributed by atoms with van der Waals surface area (Å²) < 4.78 is 0. The minimum atomic E-state index is -0.668. The molecule has 1 fully saturated rings. The van der Waals surface area contributed by atoms with Crippen molar-refractivity contribution in [2.45, 2.75) is 51.5 Å². The maximum absolute atomic E-state index is 10.6. The van der Waals surface area contributed by atoms with Gasteiger partial charge in [-0.3, -0.25) is 4.79 Å². The lowest BCUT2D eigenvalue weighted by Crippen LogP contribution is -2.29. The Morgan fingerprint density at radius 3 is 3.00 bits per heavy atom. The van der Waals surface area contributed by atoms with Gasteiger partial charge in [-0.05, 0) is 32.2 Å². The zero-order valence-corrected chi connectivity index (χ0v) is 8.96. The van der Waals surface area contributed by atoms with Crippen LogP contribution in [0.4, 0.5) is 0 Å². The zero-order valence-electron chi connectivity index (χ0n) is 8.96. The first kappa shape index (κ1) is 11.5. The van der Waals surface area contributed by atoms with E-state index in [0.717, 1.165) is 19.4 Å². The largest absolute Gasteiger partial charge is 0.481 e. The lowest BCUT2D eigenvalue weighted by molar-refractivity contribution is -0.141. The van der Waals surface area contributed by atoms with Crippen molar-refractivity contribution < 1.29 is 9.90 Å². The molecule has 0 saturated carbocycles. The van der Waals surface area contributed by atoms with Gasteiger partial charge in [0.15, 0.2) is 0 Å². The average Bonchev–Trinajstić information content (AvgIpc) is 2.42. The molecule has 0 aromatic rings. The van der Waals surface area contributed by atoms with Crippen LogP contribution in [0.5, 0.6) is 0 Å². The summed E-state index contributed by atoms with van der Waals surface area (Å²) in [7, 11) is 0. The van der Waals surface area contributed by atoms with Crippen LogP contribution in [0.2, 0.25) is 0 Å². The van der Waals surface area contributed by atoms with Crippen molar-refractivity contribution in [2.24, 2.45) is 5.92 Å². The smallest absolute Gasteiger partial charge is 0.306 e. The summed E-state index contributed by atoms with van der Waals surface area (Å²) in [6, 6.07) is 0.555. The van der Waals surface area contributed by atoms with Gasteiger partial charge in [0.2, 0.25) is 0 Å². The second-order valence-corrected chi connectivity index (χ2v) is 4.32. The summed E-state index contributed by atoms with van der Waals surface area (Å²) >= 11 is 0. The fraction of sp³-hybridized carbons (Fsp3) is 0.909. The molecule has 3 heteroatoms. The van der Waals surface area contributed by atoms with Crippen LogP contribution in [0.1, 0.15) is 45.4 Å². The van der Waals surface area contributed by atoms with Crippen molar-refractivity contribution >= 4 is 5.97 Å². The van der Waals surface area contributed by atoms with Crippen LogP contribution in [0.15, 0.2) is 0 Å². The van der Waals surface area contributed by atoms with E-state index in [9.17, 15) is 4.79 Å². The van der Waals surface area contributed by atoms with Gasteiger partial charge < -0.3 is 10.4 Å². The van der Waals surface area contributed by atoms with Crippen LogP contribution in [-0.4, -0.2) is 23.7 Å². The van der Waals surface area contributed by atoms with Crippen LogP contribution in [0, 0.1) is 5.92 Å². The predicted molar refractivity (Wildman–Crippen MR) is 56.3 cm³/mol. The van der Waals surface area contributed by atoms with Gasteiger partial charge in [-0.1, -0.05) is 19.8 Å². The molecule has 1 heterocycles. The molecule has 0 aliphatic carbocycles. The van der Waals surface area contributed by atoms with Crippen molar-refractivity contribution in [3.05, 3.63) is 0 Å². The molecule has 0 aromatic carbocycles. The molecule has 1 rings (SSSR count). The van der Waals surface area contributed by atoms with E-state index in [-0.39, 0.29) is 5.92 Å². The summed E-state index contributed by atoms with van der Waals surface area (Å²) in [5.74, 6) is -0.862. The molecule has 0 bridgehead atoms.